The Morgan fingerprint density at radius 2 is 1.64 bits per heavy atom. The number of benzene rings is 1. The van der Waals surface area contributed by atoms with Gasteiger partial charge in [0.2, 0.25) is 17.7 Å². The van der Waals surface area contributed by atoms with Crippen LogP contribution in [0.5, 0.6) is 0 Å². The summed E-state index contributed by atoms with van der Waals surface area (Å²) in [6.07, 6.45) is 1.27. The molecule has 0 radical (unpaired) electrons. The molecule has 1 aromatic rings. The summed E-state index contributed by atoms with van der Waals surface area (Å²) < 4.78 is 17.0. The molecule has 7 unspecified atom stereocenters. The molecule has 0 spiro atoms. The van der Waals surface area contributed by atoms with E-state index in [9.17, 15) is 19.2 Å². The van der Waals surface area contributed by atoms with E-state index >= 15 is 0 Å². The van der Waals surface area contributed by atoms with E-state index < -0.39 is 42.2 Å². The van der Waals surface area contributed by atoms with Crippen molar-refractivity contribution in [3.63, 3.8) is 0 Å². The van der Waals surface area contributed by atoms with Crippen LogP contribution in [-0.4, -0.2) is 162 Å². The number of nitrogens with one attached hydrogen (secondary N) is 2. The highest BCUT2D eigenvalue weighted by Gasteiger charge is 2.43. The van der Waals surface area contributed by atoms with Crippen LogP contribution >= 0.6 is 0 Å². The maximum absolute atomic E-state index is 14.4. The molecule has 14 heteroatoms. The molecule has 1 aliphatic rings. The summed E-state index contributed by atoms with van der Waals surface area (Å²) in [7, 11) is 13.9. The number of likely N-dealkylation sites (tertiary alicyclic amines) is 1. The quantitative estimate of drug-likeness (QED) is 0.109. The number of amides is 3. The lowest BCUT2D eigenvalue weighted by atomic mass is 9.89. The van der Waals surface area contributed by atoms with Crippen molar-refractivity contribution in [2.75, 3.05) is 76.2 Å². The molecule has 1 aromatic carbocycles. The molecule has 55 heavy (non-hydrogen) atoms. The van der Waals surface area contributed by atoms with Gasteiger partial charge in [0.1, 0.15) is 12.1 Å². The number of likely N-dealkylation sites (N-methyl/N-ethyl adjacent to an activating group) is 3. The summed E-state index contributed by atoms with van der Waals surface area (Å²) in [6, 6.07) is 7.12. The van der Waals surface area contributed by atoms with Crippen molar-refractivity contribution in [1.29, 1.82) is 0 Å². The van der Waals surface area contributed by atoms with E-state index in [0.29, 0.717) is 18.9 Å². The third kappa shape index (κ3) is 13.2. The maximum Gasteiger partial charge on any atom is 0.328 e. The second-order valence-corrected chi connectivity index (χ2v) is 15.4. The van der Waals surface area contributed by atoms with E-state index in [0.717, 1.165) is 31.5 Å². The van der Waals surface area contributed by atoms with Crippen LogP contribution in [0, 0.1) is 17.8 Å². The highest BCUT2D eigenvalue weighted by molar-refractivity contribution is 5.88. The number of carbonyl (C=O) groups excluding carboxylic acids is 4. The lowest BCUT2D eigenvalue weighted by Gasteiger charge is -2.40. The standard InChI is InChI=1S/C41H71N7O7/c1-14-28(4)36(47(10)39(51)35(27(2)3)44-41(45(7)8)46(9)24-22-42-6)33(53-11)26-34(49)48-23-18-21-32(48)37(54-12)29(5)38(50)43-31(40(52)55-13)25-30-19-16-15-17-20-30/h15-17,19-20,27-29,31-33,35-37,42H,14,18,21-26H2,1-13H3,(H,43,50)/t28?,29?,31?,32-,33?,35?,36?,37?/m0/s1. The topological polar surface area (TPSA) is 145 Å². The van der Waals surface area contributed by atoms with Crippen molar-refractivity contribution < 1.29 is 33.4 Å². The van der Waals surface area contributed by atoms with Gasteiger partial charge in [-0.2, -0.15) is 0 Å². The number of aliphatic imine (C=N–C) groups is 1. The number of hydrogen-bond acceptors (Lipinski definition) is 9. The van der Waals surface area contributed by atoms with Gasteiger partial charge < -0.3 is 44.4 Å². The van der Waals surface area contributed by atoms with E-state index in [-0.39, 0.29) is 48.4 Å². The van der Waals surface area contributed by atoms with Gasteiger partial charge in [-0.15, -0.1) is 0 Å². The minimum Gasteiger partial charge on any atom is -0.467 e. The number of esters is 1. The molecule has 0 aliphatic carbocycles. The Morgan fingerprint density at radius 1 is 0.982 bits per heavy atom. The number of carbonyl (C=O) groups is 4. The summed E-state index contributed by atoms with van der Waals surface area (Å²) in [5.74, 6) is -1.21. The van der Waals surface area contributed by atoms with Crippen LogP contribution in [0.3, 0.4) is 0 Å². The first-order valence-electron chi connectivity index (χ1n) is 19.7. The Morgan fingerprint density at radius 3 is 2.16 bits per heavy atom. The zero-order valence-electron chi connectivity index (χ0n) is 35.8. The van der Waals surface area contributed by atoms with Gasteiger partial charge in [0, 0.05) is 68.5 Å². The molecule has 0 aromatic heterocycles. The molecule has 8 atom stereocenters. The summed E-state index contributed by atoms with van der Waals surface area (Å²) in [6.45, 7) is 11.9. The molecule has 2 N–H and O–H groups in total. The van der Waals surface area contributed by atoms with Gasteiger partial charge >= 0.3 is 5.97 Å². The minimum atomic E-state index is -0.879. The second kappa shape index (κ2) is 23.3. The number of nitrogens with zero attached hydrogens (tertiary/aromatic N) is 5. The summed E-state index contributed by atoms with van der Waals surface area (Å²) in [5, 5.41) is 6.04. The highest BCUT2D eigenvalue weighted by atomic mass is 16.5. The molecule has 1 saturated heterocycles. The van der Waals surface area contributed by atoms with Crippen molar-refractivity contribution in [3.05, 3.63) is 35.9 Å². The van der Waals surface area contributed by atoms with Crippen molar-refractivity contribution in [1.82, 2.24) is 30.2 Å². The van der Waals surface area contributed by atoms with Gasteiger partial charge in [0.15, 0.2) is 5.96 Å². The second-order valence-electron chi connectivity index (χ2n) is 15.4. The fraction of sp³-hybridized carbons (Fsp3) is 0.732. The smallest absolute Gasteiger partial charge is 0.328 e. The van der Waals surface area contributed by atoms with Crippen LogP contribution in [0.1, 0.15) is 65.9 Å². The van der Waals surface area contributed by atoms with Crippen LogP contribution in [0.2, 0.25) is 0 Å². The molecular formula is C41H71N7O7. The molecular weight excluding hydrogens is 702 g/mol. The number of hydrogen-bond donors (Lipinski definition) is 2. The van der Waals surface area contributed by atoms with Crippen molar-refractivity contribution in [2.45, 2.75) is 103 Å². The predicted molar refractivity (Wildman–Crippen MR) is 217 cm³/mol. The highest BCUT2D eigenvalue weighted by Crippen LogP contribution is 2.30. The maximum atomic E-state index is 14.4. The number of ether oxygens (including phenoxy) is 3. The van der Waals surface area contributed by atoms with E-state index in [4.69, 9.17) is 19.2 Å². The first kappa shape index (κ1) is 47.4. The fourth-order valence-electron chi connectivity index (χ4n) is 7.55. The van der Waals surface area contributed by atoms with Gasteiger partial charge in [-0.3, -0.25) is 14.4 Å². The largest absolute Gasteiger partial charge is 0.467 e. The molecule has 14 nitrogen and oxygen atoms in total. The molecule has 0 saturated carbocycles. The van der Waals surface area contributed by atoms with Crippen LogP contribution in [0.4, 0.5) is 0 Å². The lowest BCUT2D eigenvalue weighted by molar-refractivity contribution is -0.148. The molecule has 1 aliphatic heterocycles. The van der Waals surface area contributed by atoms with Gasteiger partial charge in [-0.25, -0.2) is 9.79 Å². The average molecular weight is 774 g/mol. The molecule has 312 valence electrons. The van der Waals surface area contributed by atoms with Gasteiger partial charge in [-0.1, -0.05) is 71.4 Å². The van der Waals surface area contributed by atoms with Crippen LogP contribution in [0.25, 0.3) is 0 Å². The zero-order chi connectivity index (χ0) is 41.4. The molecule has 1 fully saturated rings. The first-order chi connectivity index (χ1) is 26.1. The molecule has 1 heterocycles. The predicted octanol–water partition coefficient (Wildman–Crippen LogP) is 2.90. The van der Waals surface area contributed by atoms with E-state index in [1.54, 1.807) is 38.0 Å². The lowest BCUT2D eigenvalue weighted by Crippen LogP contribution is -2.55. The number of methoxy groups -OCH3 is 3. The zero-order valence-corrected chi connectivity index (χ0v) is 35.8. The normalized spacial score (nSPS) is 18.5. The summed E-state index contributed by atoms with van der Waals surface area (Å²) >= 11 is 0. The number of rotatable bonds is 21. The van der Waals surface area contributed by atoms with Gasteiger partial charge in [0.05, 0.1) is 43.7 Å². The monoisotopic (exact) mass is 774 g/mol. The summed E-state index contributed by atoms with van der Waals surface area (Å²) in [4.78, 5) is 67.5. The fourth-order valence-corrected chi connectivity index (χ4v) is 7.55. The Labute approximate surface area is 330 Å². The van der Waals surface area contributed by atoms with Gasteiger partial charge in [-0.05, 0) is 37.3 Å². The number of guanidine groups is 1. The van der Waals surface area contributed by atoms with Crippen LogP contribution in [-0.2, 0) is 39.8 Å². The summed E-state index contributed by atoms with van der Waals surface area (Å²) in [5.41, 5.74) is 0.885. The van der Waals surface area contributed by atoms with E-state index in [1.807, 2.05) is 82.2 Å². The van der Waals surface area contributed by atoms with Crippen LogP contribution in [0.15, 0.2) is 35.3 Å². The average Bonchev–Trinajstić information content (AvgIpc) is 3.65. The van der Waals surface area contributed by atoms with Crippen molar-refractivity contribution in [3.8, 4) is 0 Å². The first-order valence-corrected chi connectivity index (χ1v) is 19.7. The Hall–Kier alpha value is -3.75. The molecule has 0 bridgehead atoms. The SMILES string of the molecule is CCC(C)C(C(CC(=O)N1CCC[C@H]1C(OC)C(C)C(=O)NC(Cc1ccccc1)C(=O)OC)OC)N(C)C(=O)C(N=C(N(C)C)N(C)CCNC)C(C)C. The molecule has 2 rings (SSSR count). The van der Waals surface area contributed by atoms with E-state index in [1.165, 1.54) is 7.11 Å². The molecule has 3 amide bonds. The van der Waals surface area contributed by atoms with Gasteiger partial charge in [0.25, 0.3) is 0 Å². The van der Waals surface area contributed by atoms with Crippen LogP contribution < -0.4 is 10.6 Å². The van der Waals surface area contributed by atoms with Crippen molar-refractivity contribution in [2.24, 2.45) is 22.7 Å². The third-order valence-electron chi connectivity index (χ3n) is 10.9. The Balaban J connectivity index is 2.32. The Bertz CT molecular complexity index is 1380. The minimum absolute atomic E-state index is 0.0126. The van der Waals surface area contributed by atoms with Crippen molar-refractivity contribution >= 4 is 29.7 Å². The van der Waals surface area contributed by atoms with E-state index in [2.05, 4.69) is 24.5 Å². The third-order valence-corrected chi connectivity index (χ3v) is 10.9. The Kier molecular flexibility index (Phi) is 20.1.